The summed E-state index contributed by atoms with van der Waals surface area (Å²) in [7, 11) is 0. The van der Waals surface area contributed by atoms with Gasteiger partial charge in [-0.15, -0.1) is 0 Å². The third-order valence-corrected chi connectivity index (χ3v) is 4.82. The Hall–Kier alpha value is -1.16. The predicted octanol–water partition coefficient (Wildman–Crippen LogP) is 3.92. The number of benzene rings is 1. The number of amides is 1. The highest BCUT2D eigenvalue weighted by atomic mass is 79.9. The summed E-state index contributed by atoms with van der Waals surface area (Å²) in [4.78, 5) is 26.2. The molecule has 4 heteroatoms. The second kappa shape index (κ2) is 7.21. The van der Waals surface area contributed by atoms with Gasteiger partial charge < -0.3 is 4.90 Å². The van der Waals surface area contributed by atoms with Gasteiger partial charge in [-0.2, -0.15) is 0 Å². The predicted molar refractivity (Wildman–Crippen MR) is 87.2 cm³/mol. The number of Topliss-reactive ketones (excluding diaryl/α,β-unsaturated/α-hetero) is 1. The molecule has 0 N–H and O–H groups in total. The van der Waals surface area contributed by atoms with Gasteiger partial charge in [0.15, 0.2) is 5.78 Å². The van der Waals surface area contributed by atoms with Crippen molar-refractivity contribution >= 4 is 27.6 Å². The molecule has 1 atom stereocenters. The fraction of sp³-hybridized carbons (Fsp3) is 0.529. The second-order valence-electron chi connectivity index (χ2n) is 6.08. The zero-order valence-electron chi connectivity index (χ0n) is 12.6. The standard InChI is InChI=1S/C17H22BrNO2/c1-12(2)13-5-8-17(21)19(10-9-13)11-16(20)14-3-6-15(18)7-4-14/h3-4,6-7,12-13H,5,8-11H2,1-2H3. The van der Waals surface area contributed by atoms with Crippen LogP contribution in [0.15, 0.2) is 28.7 Å². The SMILES string of the molecule is CC(C)C1CCC(=O)N(CC(=O)c2ccc(Br)cc2)CC1. The van der Waals surface area contributed by atoms with Crippen molar-refractivity contribution in [3.63, 3.8) is 0 Å². The first kappa shape index (κ1) is 16.2. The number of nitrogens with zero attached hydrogens (tertiary/aromatic N) is 1. The van der Waals surface area contributed by atoms with Crippen LogP contribution >= 0.6 is 15.9 Å². The summed E-state index contributed by atoms with van der Waals surface area (Å²) in [6, 6.07) is 7.30. The van der Waals surface area contributed by atoms with Crippen molar-refractivity contribution in [3.8, 4) is 0 Å². The van der Waals surface area contributed by atoms with Crippen LogP contribution in [0.4, 0.5) is 0 Å². The first-order valence-electron chi connectivity index (χ1n) is 7.54. The number of carbonyl (C=O) groups excluding carboxylic acids is 2. The largest absolute Gasteiger partial charge is 0.335 e. The van der Waals surface area contributed by atoms with E-state index in [0.717, 1.165) is 17.3 Å². The molecule has 114 valence electrons. The van der Waals surface area contributed by atoms with E-state index in [1.807, 2.05) is 12.1 Å². The van der Waals surface area contributed by atoms with E-state index < -0.39 is 0 Å². The quantitative estimate of drug-likeness (QED) is 0.771. The third-order valence-electron chi connectivity index (χ3n) is 4.29. The Bertz CT molecular complexity index is 510. The van der Waals surface area contributed by atoms with Crippen LogP contribution in [0.1, 0.15) is 43.5 Å². The maximum atomic E-state index is 12.3. The van der Waals surface area contributed by atoms with Crippen molar-refractivity contribution in [1.29, 1.82) is 0 Å². The summed E-state index contributed by atoms with van der Waals surface area (Å²) in [5.41, 5.74) is 0.663. The van der Waals surface area contributed by atoms with Crippen LogP contribution in [0.3, 0.4) is 0 Å². The van der Waals surface area contributed by atoms with Crippen molar-refractivity contribution in [1.82, 2.24) is 4.90 Å². The summed E-state index contributed by atoms with van der Waals surface area (Å²) >= 11 is 3.36. The molecule has 1 aromatic rings. The van der Waals surface area contributed by atoms with E-state index in [1.165, 1.54) is 0 Å². The Balaban J connectivity index is 1.99. The van der Waals surface area contributed by atoms with Crippen molar-refractivity contribution in [3.05, 3.63) is 34.3 Å². The Morgan fingerprint density at radius 2 is 1.95 bits per heavy atom. The molecule has 0 aliphatic carbocycles. The lowest BCUT2D eigenvalue weighted by Gasteiger charge is -2.21. The smallest absolute Gasteiger partial charge is 0.222 e. The average molecular weight is 352 g/mol. The van der Waals surface area contributed by atoms with E-state index in [4.69, 9.17) is 0 Å². The van der Waals surface area contributed by atoms with E-state index in [0.29, 0.717) is 30.4 Å². The summed E-state index contributed by atoms with van der Waals surface area (Å²) < 4.78 is 0.949. The molecule has 1 saturated heterocycles. The molecule has 1 heterocycles. The highest BCUT2D eigenvalue weighted by Gasteiger charge is 2.25. The normalized spacial score (nSPS) is 19.7. The number of likely N-dealkylation sites (tertiary alicyclic amines) is 1. The Kier molecular flexibility index (Phi) is 5.57. The molecule has 0 spiro atoms. The molecule has 1 aliphatic heterocycles. The first-order chi connectivity index (χ1) is 9.97. The molecule has 2 rings (SSSR count). The van der Waals surface area contributed by atoms with E-state index in [1.54, 1.807) is 17.0 Å². The van der Waals surface area contributed by atoms with Crippen molar-refractivity contribution < 1.29 is 9.59 Å². The first-order valence-corrected chi connectivity index (χ1v) is 8.33. The third kappa shape index (κ3) is 4.40. The molecule has 1 aromatic carbocycles. The van der Waals surface area contributed by atoms with E-state index >= 15 is 0 Å². The van der Waals surface area contributed by atoms with Gasteiger partial charge in [-0.3, -0.25) is 9.59 Å². The fourth-order valence-electron chi connectivity index (χ4n) is 2.79. The van der Waals surface area contributed by atoms with Gasteiger partial charge in [-0.05, 0) is 36.8 Å². The minimum absolute atomic E-state index is 0.0128. The van der Waals surface area contributed by atoms with Gasteiger partial charge >= 0.3 is 0 Å². The van der Waals surface area contributed by atoms with Gasteiger partial charge in [0, 0.05) is 23.0 Å². The van der Waals surface area contributed by atoms with Crippen LogP contribution < -0.4 is 0 Å². The Morgan fingerprint density at radius 3 is 2.57 bits per heavy atom. The summed E-state index contributed by atoms with van der Waals surface area (Å²) in [6.07, 6.45) is 2.51. The second-order valence-corrected chi connectivity index (χ2v) is 6.99. The number of ketones is 1. The van der Waals surface area contributed by atoms with E-state index in [2.05, 4.69) is 29.8 Å². The lowest BCUT2D eigenvalue weighted by Crippen LogP contribution is -2.35. The van der Waals surface area contributed by atoms with E-state index in [-0.39, 0.29) is 18.2 Å². The van der Waals surface area contributed by atoms with Crippen LogP contribution in [0.5, 0.6) is 0 Å². The van der Waals surface area contributed by atoms with Crippen molar-refractivity contribution in [2.24, 2.45) is 11.8 Å². The average Bonchev–Trinajstić information content (AvgIpc) is 2.62. The number of hydrogen-bond acceptors (Lipinski definition) is 2. The monoisotopic (exact) mass is 351 g/mol. The molecule has 21 heavy (non-hydrogen) atoms. The molecule has 1 fully saturated rings. The summed E-state index contributed by atoms with van der Waals surface area (Å²) in [5.74, 6) is 1.31. The molecular formula is C17H22BrNO2. The minimum Gasteiger partial charge on any atom is -0.335 e. The molecule has 0 radical (unpaired) electrons. The maximum absolute atomic E-state index is 12.3. The number of carbonyl (C=O) groups is 2. The number of halogens is 1. The van der Waals surface area contributed by atoms with Gasteiger partial charge in [-0.25, -0.2) is 0 Å². The lowest BCUT2D eigenvalue weighted by atomic mass is 9.89. The minimum atomic E-state index is 0.0128. The van der Waals surface area contributed by atoms with Crippen LogP contribution in [-0.2, 0) is 4.79 Å². The van der Waals surface area contributed by atoms with Gasteiger partial charge in [-0.1, -0.05) is 41.9 Å². The number of hydrogen-bond donors (Lipinski definition) is 0. The number of rotatable bonds is 4. The molecule has 0 bridgehead atoms. The molecule has 0 saturated carbocycles. The zero-order chi connectivity index (χ0) is 15.4. The molecular weight excluding hydrogens is 330 g/mol. The molecule has 1 aliphatic rings. The van der Waals surface area contributed by atoms with Gasteiger partial charge in [0.2, 0.25) is 5.91 Å². The molecule has 3 nitrogen and oxygen atoms in total. The van der Waals surface area contributed by atoms with Crippen LogP contribution in [0, 0.1) is 11.8 Å². The molecule has 1 amide bonds. The van der Waals surface area contributed by atoms with Gasteiger partial charge in [0.25, 0.3) is 0 Å². The fourth-order valence-corrected chi connectivity index (χ4v) is 3.06. The van der Waals surface area contributed by atoms with Gasteiger partial charge in [0.05, 0.1) is 6.54 Å². The van der Waals surface area contributed by atoms with Crippen LogP contribution in [0.2, 0.25) is 0 Å². The molecule has 1 unspecified atom stereocenters. The highest BCUT2D eigenvalue weighted by Crippen LogP contribution is 2.25. The van der Waals surface area contributed by atoms with Crippen molar-refractivity contribution in [2.45, 2.75) is 33.1 Å². The zero-order valence-corrected chi connectivity index (χ0v) is 14.2. The lowest BCUT2D eigenvalue weighted by molar-refractivity contribution is -0.130. The van der Waals surface area contributed by atoms with Gasteiger partial charge in [0.1, 0.15) is 0 Å². The van der Waals surface area contributed by atoms with Crippen LogP contribution in [0.25, 0.3) is 0 Å². The van der Waals surface area contributed by atoms with Crippen molar-refractivity contribution in [2.75, 3.05) is 13.1 Å². The summed E-state index contributed by atoms with van der Waals surface area (Å²) in [5, 5.41) is 0. The molecule has 0 aromatic heterocycles. The van der Waals surface area contributed by atoms with Crippen LogP contribution in [-0.4, -0.2) is 29.7 Å². The Labute approximate surface area is 134 Å². The highest BCUT2D eigenvalue weighted by molar-refractivity contribution is 9.10. The maximum Gasteiger partial charge on any atom is 0.222 e. The summed E-state index contributed by atoms with van der Waals surface area (Å²) in [6.45, 7) is 5.31. The topological polar surface area (TPSA) is 37.4 Å². The Morgan fingerprint density at radius 1 is 1.29 bits per heavy atom. The van der Waals surface area contributed by atoms with E-state index in [9.17, 15) is 9.59 Å².